The summed E-state index contributed by atoms with van der Waals surface area (Å²) in [6, 6.07) is 0. The average Bonchev–Trinajstić information content (AvgIpc) is 2.36. The molecule has 2 aromatic heterocycles. The molecule has 1 N–H and O–H groups in total. The van der Waals surface area contributed by atoms with E-state index in [4.69, 9.17) is 0 Å². The molecule has 0 saturated heterocycles. The normalized spacial score (nSPS) is 11.0. The number of nitrogens with zero attached hydrogens (tertiary/aromatic N) is 3. The number of fused-ring (bicyclic) bond motifs is 1. The largest absolute Gasteiger partial charge is 0.275 e. The second kappa shape index (κ2) is 2.42. The van der Waals surface area contributed by atoms with E-state index in [1.807, 2.05) is 20.9 Å². The summed E-state index contributed by atoms with van der Waals surface area (Å²) >= 11 is 0. The summed E-state index contributed by atoms with van der Waals surface area (Å²) in [5.41, 5.74) is 2.16. The Hall–Kier alpha value is -1.65. The average molecular weight is 178 g/mol. The molecule has 0 bridgehead atoms. The van der Waals surface area contributed by atoms with Gasteiger partial charge in [0.1, 0.15) is 0 Å². The molecular formula is C8H10N4O. The van der Waals surface area contributed by atoms with Crippen LogP contribution in [0.3, 0.4) is 0 Å². The maximum absolute atomic E-state index is 11.4. The summed E-state index contributed by atoms with van der Waals surface area (Å²) in [6.45, 7) is 3.66. The topological polar surface area (TPSA) is 63.6 Å². The van der Waals surface area contributed by atoms with Gasteiger partial charge in [-0.2, -0.15) is 10.2 Å². The molecule has 0 aliphatic heterocycles. The number of rotatable bonds is 0. The lowest BCUT2D eigenvalue weighted by atomic mass is 10.2. The third-order valence-electron chi connectivity index (χ3n) is 2.12. The molecule has 5 heteroatoms. The van der Waals surface area contributed by atoms with Crippen molar-refractivity contribution >= 4 is 10.9 Å². The first kappa shape index (κ1) is 7.97. The van der Waals surface area contributed by atoms with E-state index in [-0.39, 0.29) is 5.56 Å². The number of hydrogen-bond acceptors (Lipinski definition) is 3. The van der Waals surface area contributed by atoms with Crippen LogP contribution in [0.4, 0.5) is 0 Å². The predicted octanol–water partition coefficient (Wildman–Crippen LogP) is 0.273. The van der Waals surface area contributed by atoms with Crippen LogP contribution in [-0.4, -0.2) is 20.0 Å². The first-order valence-electron chi connectivity index (χ1n) is 4.00. The molecule has 0 saturated carbocycles. The summed E-state index contributed by atoms with van der Waals surface area (Å²) < 4.78 is 1.68. The van der Waals surface area contributed by atoms with Gasteiger partial charge in [0.05, 0.1) is 22.3 Å². The quantitative estimate of drug-likeness (QED) is 0.630. The van der Waals surface area contributed by atoms with Crippen molar-refractivity contribution in [3.8, 4) is 0 Å². The van der Waals surface area contributed by atoms with Crippen molar-refractivity contribution in [1.82, 2.24) is 20.0 Å². The number of H-pyrrole nitrogens is 1. The number of nitrogens with one attached hydrogen (secondary N) is 1. The van der Waals surface area contributed by atoms with Crippen molar-refractivity contribution in [2.75, 3.05) is 0 Å². The lowest BCUT2D eigenvalue weighted by Crippen LogP contribution is -2.10. The monoisotopic (exact) mass is 178 g/mol. The van der Waals surface area contributed by atoms with Crippen molar-refractivity contribution < 1.29 is 0 Å². The van der Waals surface area contributed by atoms with Gasteiger partial charge >= 0.3 is 0 Å². The Morgan fingerprint density at radius 2 is 2.00 bits per heavy atom. The van der Waals surface area contributed by atoms with Gasteiger partial charge in [-0.1, -0.05) is 0 Å². The summed E-state index contributed by atoms with van der Waals surface area (Å²) in [4.78, 5) is 11.4. The van der Waals surface area contributed by atoms with Gasteiger partial charge in [-0.25, -0.2) is 5.10 Å². The molecule has 2 heterocycles. The van der Waals surface area contributed by atoms with Crippen LogP contribution in [0.2, 0.25) is 0 Å². The summed E-state index contributed by atoms with van der Waals surface area (Å²) in [5.74, 6) is 0. The third kappa shape index (κ3) is 0.965. The van der Waals surface area contributed by atoms with Gasteiger partial charge in [0, 0.05) is 7.05 Å². The van der Waals surface area contributed by atoms with Crippen molar-refractivity contribution in [3.63, 3.8) is 0 Å². The maximum atomic E-state index is 11.4. The molecule has 0 unspecified atom stereocenters. The number of aryl methyl sites for hydroxylation is 3. The minimum absolute atomic E-state index is 0.175. The third-order valence-corrected chi connectivity index (χ3v) is 2.12. The fourth-order valence-corrected chi connectivity index (χ4v) is 1.59. The van der Waals surface area contributed by atoms with E-state index < -0.39 is 0 Å². The second-order valence-electron chi connectivity index (χ2n) is 3.07. The lowest BCUT2D eigenvalue weighted by molar-refractivity contribution is 0.777. The highest BCUT2D eigenvalue weighted by Gasteiger charge is 2.11. The Kier molecular flexibility index (Phi) is 1.48. The fraction of sp³-hybridized carbons (Fsp3) is 0.375. The molecule has 2 rings (SSSR count). The molecule has 0 amide bonds. The minimum atomic E-state index is -0.175. The van der Waals surface area contributed by atoms with Gasteiger partial charge in [0.2, 0.25) is 0 Å². The highest BCUT2D eigenvalue weighted by molar-refractivity contribution is 5.82. The van der Waals surface area contributed by atoms with E-state index in [1.54, 1.807) is 4.68 Å². The van der Waals surface area contributed by atoms with Crippen LogP contribution in [-0.2, 0) is 7.05 Å². The minimum Gasteiger partial charge on any atom is -0.267 e. The van der Waals surface area contributed by atoms with E-state index >= 15 is 0 Å². The van der Waals surface area contributed by atoms with Crippen molar-refractivity contribution in [3.05, 3.63) is 21.7 Å². The molecule has 0 spiro atoms. The Morgan fingerprint density at radius 1 is 1.31 bits per heavy atom. The molecule has 0 atom stereocenters. The Bertz CT molecular complexity index is 523. The van der Waals surface area contributed by atoms with Crippen LogP contribution in [0.1, 0.15) is 11.4 Å². The lowest BCUT2D eigenvalue weighted by Gasteiger charge is -1.95. The summed E-state index contributed by atoms with van der Waals surface area (Å²) in [6.07, 6.45) is 0. The molecule has 0 aliphatic rings. The highest BCUT2D eigenvalue weighted by atomic mass is 16.1. The van der Waals surface area contributed by atoms with Crippen molar-refractivity contribution in [2.24, 2.45) is 7.05 Å². The van der Waals surface area contributed by atoms with E-state index in [0.717, 1.165) is 16.9 Å². The van der Waals surface area contributed by atoms with Crippen LogP contribution < -0.4 is 5.56 Å². The Morgan fingerprint density at radius 3 is 2.62 bits per heavy atom. The second-order valence-corrected chi connectivity index (χ2v) is 3.07. The molecule has 13 heavy (non-hydrogen) atoms. The van der Waals surface area contributed by atoms with Crippen LogP contribution >= 0.6 is 0 Å². The zero-order valence-electron chi connectivity index (χ0n) is 7.75. The number of aromatic nitrogens is 4. The van der Waals surface area contributed by atoms with Gasteiger partial charge < -0.3 is 0 Å². The molecule has 0 radical (unpaired) electrons. The molecule has 68 valence electrons. The molecule has 5 nitrogen and oxygen atoms in total. The highest BCUT2D eigenvalue weighted by Crippen LogP contribution is 2.13. The zero-order chi connectivity index (χ0) is 9.59. The van der Waals surface area contributed by atoms with Crippen LogP contribution in [0.25, 0.3) is 10.9 Å². The van der Waals surface area contributed by atoms with E-state index in [9.17, 15) is 4.79 Å². The molecule has 0 aromatic carbocycles. The summed E-state index contributed by atoms with van der Waals surface area (Å²) in [5, 5.41) is 11.1. The molecular weight excluding hydrogens is 168 g/mol. The molecule has 0 fully saturated rings. The SMILES string of the molecule is Cc1nn(C)c2c(C)n[nH]c(=O)c12. The van der Waals surface area contributed by atoms with Crippen LogP contribution in [0, 0.1) is 13.8 Å². The van der Waals surface area contributed by atoms with Gasteiger partial charge in [0.25, 0.3) is 5.56 Å². The van der Waals surface area contributed by atoms with Gasteiger partial charge in [-0.05, 0) is 13.8 Å². The van der Waals surface area contributed by atoms with Crippen LogP contribution in [0.15, 0.2) is 4.79 Å². The Labute approximate surface area is 74.4 Å². The number of aromatic amines is 1. The summed E-state index contributed by atoms with van der Waals surface area (Å²) in [7, 11) is 1.81. The van der Waals surface area contributed by atoms with Crippen LogP contribution in [0.5, 0.6) is 0 Å². The standard InChI is InChI=1S/C8H10N4O/c1-4-6-7(12(3)11-4)5(2)9-10-8(6)13/h1-3H3,(H,10,13). The molecule has 0 aliphatic carbocycles. The fourth-order valence-electron chi connectivity index (χ4n) is 1.59. The van der Waals surface area contributed by atoms with E-state index in [1.165, 1.54) is 0 Å². The van der Waals surface area contributed by atoms with E-state index in [2.05, 4.69) is 15.3 Å². The number of hydrogen-bond donors (Lipinski definition) is 1. The first-order valence-corrected chi connectivity index (χ1v) is 4.00. The maximum Gasteiger partial charge on any atom is 0.275 e. The van der Waals surface area contributed by atoms with Gasteiger partial charge in [-0.3, -0.25) is 9.48 Å². The zero-order valence-corrected chi connectivity index (χ0v) is 7.75. The van der Waals surface area contributed by atoms with Crippen molar-refractivity contribution in [1.29, 1.82) is 0 Å². The van der Waals surface area contributed by atoms with Crippen molar-refractivity contribution in [2.45, 2.75) is 13.8 Å². The Balaban J connectivity index is 3.12. The van der Waals surface area contributed by atoms with Gasteiger partial charge in [-0.15, -0.1) is 0 Å². The predicted molar refractivity (Wildman–Crippen MR) is 48.6 cm³/mol. The molecule has 2 aromatic rings. The van der Waals surface area contributed by atoms with E-state index in [0.29, 0.717) is 5.39 Å². The first-order chi connectivity index (χ1) is 6.11. The van der Waals surface area contributed by atoms with Gasteiger partial charge in [0.15, 0.2) is 0 Å². The smallest absolute Gasteiger partial charge is 0.267 e.